The van der Waals surface area contributed by atoms with Crippen LogP contribution in [0.5, 0.6) is 0 Å². The van der Waals surface area contributed by atoms with Gasteiger partial charge in [0.25, 0.3) is 0 Å². The van der Waals surface area contributed by atoms with Gasteiger partial charge >= 0.3 is 0 Å². The first kappa shape index (κ1) is 23.9. The molecule has 3 heterocycles. The maximum Gasteiger partial charge on any atom is 0.248 e. The van der Waals surface area contributed by atoms with Crippen LogP contribution in [0, 0.1) is 19.8 Å². The summed E-state index contributed by atoms with van der Waals surface area (Å²) in [5.74, 6) is 0.114. The summed E-state index contributed by atoms with van der Waals surface area (Å²) in [5, 5.41) is 6.86. The number of hydrogen-bond donors (Lipinski definition) is 1. The van der Waals surface area contributed by atoms with Gasteiger partial charge in [-0.1, -0.05) is 35.8 Å². The third-order valence-corrected chi connectivity index (χ3v) is 8.95. The second-order valence-corrected chi connectivity index (χ2v) is 11.0. The van der Waals surface area contributed by atoms with E-state index in [1.165, 1.54) is 29.1 Å². The molecular weight excluding hydrogens is 440 g/mol. The highest BCUT2D eigenvalue weighted by Gasteiger charge is 2.35. The second-order valence-electron chi connectivity index (χ2n) is 9.15. The van der Waals surface area contributed by atoms with Gasteiger partial charge in [-0.15, -0.1) is 0 Å². The van der Waals surface area contributed by atoms with E-state index in [1.807, 2.05) is 6.07 Å². The lowest BCUT2D eigenvalue weighted by Crippen LogP contribution is -2.43. The molecule has 0 radical (unpaired) electrons. The van der Waals surface area contributed by atoms with Crippen LogP contribution in [0.25, 0.3) is 0 Å². The Kier molecular flexibility index (Phi) is 7.51. The Morgan fingerprint density at radius 3 is 2.36 bits per heavy atom. The number of aromatic nitrogens is 1. The molecule has 0 saturated carbocycles. The van der Waals surface area contributed by atoms with Gasteiger partial charge < -0.3 is 9.84 Å². The minimum atomic E-state index is -3.66. The molecule has 2 aliphatic heterocycles. The molecule has 0 spiro atoms. The molecule has 1 N–H and O–H groups in total. The molecule has 4 rings (SSSR count). The molecule has 33 heavy (non-hydrogen) atoms. The first-order valence-corrected chi connectivity index (χ1v) is 13.3. The standard InChI is InChI=1S/C24H34N4O4S/c1-18-23(19(2)32-26-18)33(30,31)28-14-10-20(11-15-28)24(29)25-16-21-8-4-5-9-22(21)17-27-12-6-3-7-13-27/h4-5,8-9,20H,3,6-7,10-17H2,1-2H3,(H,25,29). The number of nitrogens with zero attached hydrogens (tertiary/aromatic N) is 3. The quantitative estimate of drug-likeness (QED) is 0.663. The second kappa shape index (κ2) is 10.4. The van der Waals surface area contributed by atoms with Gasteiger partial charge in [-0.25, -0.2) is 8.42 Å². The Morgan fingerprint density at radius 2 is 1.73 bits per heavy atom. The van der Waals surface area contributed by atoms with E-state index >= 15 is 0 Å². The van der Waals surface area contributed by atoms with Crippen LogP contribution in [-0.2, 0) is 27.9 Å². The van der Waals surface area contributed by atoms with E-state index in [9.17, 15) is 13.2 Å². The largest absolute Gasteiger partial charge is 0.360 e. The molecule has 1 aromatic carbocycles. The summed E-state index contributed by atoms with van der Waals surface area (Å²) >= 11 is 0. The molecule has 180 valence electrons. The zero-order valence-electron chi connectivity index (χ0n) is 19.5. The number of piperidine rings is 2. The van der Waals surface area contributed by atoms with Crippen molar-refractivity contribution in [1.29, 1.82) is 0 Å². The molecule has 0 bridgehead atoms. The predicted octanol–water partition coefficient (Wildman–Crippen LogP) is 2.99. The third-order valence-electron chi connectivity index (χ3n) is 6.80. The molecule has 9 heteroatoms. The van der Waals surface area contributed by atoms with Gasteiger partial charge in [0, 0.05) is 32.1 Å². The van der Waals surface area contributed by atoms with Gasteiger partial charge in [0.05, 0.1) is 0 Å². The molecule has 8 nitrogen and oxygen atoms in total. The van der Waals surface area contributed by atoms with Crippen molar-refractivity contribution < 1.29 is 17.7 Å². The fraction of sp³-hybridized carbons (Fsp3) is 0.583. The van der Waals surface area contributed by atoms with Crippen LogP contribution >= 0.6 is 0 Å². The van der Waals surface area contributed by atoms with Gasteiger partial charge in [-0.05, 0) is 63.7 Å². The highest BCUT2D eigenvalue weighted by atomic mass is 32.2. The van der Waals surface area contributed by atoms with Crippen molar-refractivity contribution in [3.05, 3.63) is 46.8 Å². The van der Waals surface area contributed by atoms with E-state index < -0.39 is 10.0 Å². The van der Waals surface area contributed by atoms with Gasteiger partial charge in [0.1, 0.15) is 10.6 Å². The fourth-order valence-electron chi connectivity index (χ4n) is 4.90. The maximum absolute atomic E-state index is 13.0. The maximum atomic E-state index is 13.0. The van der Waals surface area contributed by atoms with Crippen LogP contribution in [0.1, 0.15) is 54.7 Å². The van der Waals surface area contributed by atoms with Crippen molar-refractivity contribution in [3.63, 3.8) is 0 Å². The topological polar surface area (TPSA) is 95.8 Å². The van der Waals surface area contributed by atoms with Crippen LogP contribution < -0.4 is 5.32 Å². The lowest BCUT2D eigenvalue weighted by Gasteiger charge is -2.30. The Hall–Kier alpha value is -2.23. The minimum Gasteiger partial charge on any atom is -0.360 e. The first-order valence-electron chi connectivity index (χ1n) is 11.9. The zero-order chi connectivity index (χ0) is 23.4. The van der Waals surface area contributed by atoms with Gasteiger partial charge in [-0.2, -0.15) is 4.31 Å². The monoisotopic (exact) mass is 474 g/mol. The van der Waals surface area contributed by atoms with Crippen LogP contribution in [0.3, 0.4) is 0 Å². The van der Waals surface area contributed by atoms with E-state index in [2.05, 4.69) is 33.6 Å². The van der Waals surface area contributed by atoms with Crippen molar-refractivity contribution in [2.75, 3.05) is 26.2 Å². The SMILES string of the molecule is Cc1noc(C)c1S(=O)(=O)N1CCC(C(=O)NCc2ccccc2CN2CCCCC2)CC1. The molecule has 2 fully saturated rings. The average Bonchev–Trinajstić information content (AvgIpc) is 3.17. The molecule has 2 aliphatic rings. The molecular formula is C24H34N4O4S. The molecule has 0 atom stereocenters. The summed E-state index contributed by atoms with van der Waals surface area (Å²) < 4.78 is 32.5. The number of hydrogen-bond acceptors (Lipinski definition) is 6. The van der Waals surface area contributed by atoms with Crippen molar-refractivity contribution in [3.8, 4) is 0 Å². The normalized spacial score (nSPS) is 19.0. The number of nitrogens with one attached hydrogen (secondary N) is 1. The van der Waals surface area contributed by atoms with Crippen molar-refractivity contribution in [2.24, 2.45) is 5.92 Å². The zero-order valence-corrected chi connectivity index (χ0v) is 20.4. The minimum absolute atomic E-state index is 0.00263. The highest BCUT2D eigenvalue weighted by molar-refractivity contribution is 7.89. The molecule has 1 amide bonds. The lowest BCUT2D eigenvalue weighted by molar-refractivity contribution is -0.126. The number of carbonyl (C=O) groups is 1. The van der Waals surface area contributed by atoms with Crippen LogP contribution in [0.4, 0.5) is 0 Å². The van der Waals surface area contributed by atoms with Crippen molar-refractivity contribution in [1.82, 2.24) is 19.7 Å². The summed E-state index contributed by atoms with van der Waals surface area (Å²) in [6, 6.07) is 8.30. The van der Waals surface area contributed by atoms with Crippen molar-refractivity contribution in [2.45, 2.75) is 63.9 Å². The van der Waals surface area contributed by atoms with E-state index in [1.54, 1.807) is 13.8 Å². The number of carbonyl (C=O) groups excluding carboxylic acids is 1. The van der Waals surface area contributed by atoms with Gasteiger partial charge in [0.2, 0.25) is 15.9 Å². The molecule has 2 aromatic rings. The van der Waals surface area contributed by atoms with Crippen LogP contribution in [0.2, 0.25) is 0 Å². The van der Waals surface area contributed by atoms with Crippen molar-refractivity contribution >= 4 is 15.9 Å². The third kappa shape index (κ3) is 5.47. The molecule has 2 saturated heterocycles. The molecule has 0 unspecified atom stereocenters. The lowest BCUT2D eigenvalue weighted by atomic mass is 9.97. The number of amides is 1. The number of sulfonamides is 1. The van der Waals surface area contributed by atoms with E-state index in [-0.39, 0.29) is 16.7 Å². The number of rotatable bonds is 7. The Bertz CT molecular complexity index is 1050. The van der Waals surface area contributed by atoms with Gasteiger partial charge in [0.15, 0.2) is 5.76 Å². The number of benzene rings is 1. The fourth-order valence-corrected chi connectivity index (χ4v) is 6.66. The summed E-state index contributed by atoms with van der Waals surface area (Å²) in [5.41, 5.74) is 2.78. The Morgan fingerprint density at radius 1 is 1.06 bits per heavy atom. The summed E-state index contributed by atoms with van der Waals surface area (Å²) in [4.78, 5) is 15.5. The smallest absolute Gasteiger partial charge is 0.248 e. The first-order chi connectivity index (χ1) is 15.9. The van der Waals surface area contributed by atoms with Crippen LogP contribution in [-0.4, -0.2) is 54.9 Å². The summed E-state index contributed by atoms with van der Waals surface area (Å²) in [6.07, 6.45) is 4.83. The van der Waals surface area contributed by atoms with Crippen LogP contribution in [0.15, 0.2) is 33.7 Å². The summed E-state index contributed by atoms with van der Waals surface area (Å²) in [7, 11) is -3.66. The predicted molar refractivity (Wildman–Crippen MR) is 125 cm³/mol. The van der Waals surface area contributed by atoms with E-state index in [0.717, 1.165) is 25.2 Å². The summed E-state index contributed by atoms with van der Waals surface area (Å²) in [6.45, 7) is 7.56. The van der Waals surface area contributed by atoms with Gasteiger partial charge in [-0.3, -0.25) is 9.69 Å². The average molecular weight is 475 g/mol. The van der Waals surface area contributed by atoms with E-state index in [0.29, 0.717) is 43.9 Å². The Labute approximate surface area is 196 Å². The molecule has 1 aromatic heterocycles. The number of aryl methyl sites for hydroxylation is 2. The highest BCUT2D eigenvalue weighted by Crippen LogP contribution is 2.28. The Balaban J connectivity index is 1.31. The molecule has 0 aliphatic carbocycles. The number of likely N-dealkylation sites (tertiary alicyclic amines) is 1. The van der Waals surface area contributed by atoms with E-state index in [4.69, 9.17) is 4.52 Å².